The van der Waals surface area contributed by atoms with E-state index in [4.69, 9.17) is 4.74 Å². The summed E-state index contributed by atoms with van der Waals surface area (Å²) in [5.41, 5.74) is 3.54. The van der Waals surface area contributed by atoms with E-state index in [2.05, 4.69) is 23.2 Å². The Morgan fingerprint density at radius 1 is 1.14 bits per heavy atom. The summed E-state index contributed by atoms with van der Waals surface area (Å²) in [4.78, 5) is 13.5. The molecule has 0 unspecified atom stereocenters. The highest BCUT2D eigenvalue weighted by Gasteiger charge is 2.31. The van der Waals surface area contributed by atoms with E-state index in [1.165, 1.54) is 18.1 Å². The normalized spacial score (nSPS) is 20.1. The van der Waals surface area contributed by atoms with Crippen molar-refractivity contribution in [3.63, 3.8) is 0 Å². The second-order valence-corrected chi connectivity index (χ2v) is 8.29. The number of carbonyl (C=O) groups is 1. The summed E-state index contributed by atoms with van der Waals surface area (Å²) < 4.78 is 5.99. The molecule has 5 nitrogen and oxygen atoms in total. The highest BCUT2D eigenvalue weighted by molar-refractivity contribution is 5.88. The smallest absolute Gasteiger partial charge is 0.221 e. The van der Waals surface area contributed by atoms with Gasteiger partial charge in [-0.15, -0.1) is 0 Å². The van der Waals surface area contributed by atoms with Crippen molar-refractivity contribution in [2.75, 3.05) is 25.0 Å². The van der Waals surface area contributed by atoms with Crippen LogP contribution in [0.3, 0.4) is 0 Å². The number of ether oxygens (including phenoxy) is 1. The molecule has 156 valence electrons. The number of nitrogens with zero attached hydrogens (tertiary/aromatic N) is 1. The topological polar surface area (TPSA) is 61.8 Å². The van der Waals surface area contributed by atoms with Gasteiger partial charge in [-0.1, -0.05) is 29.8 Å². The van der Waals surface area contributed by atoms with Gasteiger partial charge in [0.1, 0.15) is 12.4 Å². The molecule has 1 aliphatic rings. The van der Waals surface area contributed by atoms with Gasteiger partial charge in [0, 0.05) is 25.7 Å². The van der Waals surface area contributed by atoms with Gasteiger partial charge in [0.15, 0.2) is 0 Å². The standard InChI is InChI=1S/C24H32N2O3/c1-18-5-10-23(19(2)15-18)29-17-24(28)11-4-13-26(14-12-24)16-21-6-8-22(9-7-21)25-20(3)27/h5-10,15,28H,4,11-14,16-17H2,1-3H3,(H,25,27)/t24-/m1/s1. The third-order valence-electron chi connectivity index (χ3n) is 5.52. The molecule has 0 aromatic heterocycles. The molecule has 0 bridgehead atoms. The van der Waals surface area contributed by atoms with E-state index in [-0.39, 0.29) is 5.91 Å². The fourth-order valence-electron chi connectivity index (χ4n) is 3.87. The number of amides is 1. The van der Waals surface area contributed by atoms with Crippen LogP contribution in [0, 0.1) is 13.8 Å². The predicted octanol–water partition coefficient (Wildman–Crippen LogP) is 4.06. The third kappa shape index (κ3) is 6.31. The molecular formula is C24H32N2O3. The molecule has 2 aromatic rings. The van der Waals surface area contributed by atoms with Crippen LogP contribution in [0.15, 0.2) is 42.5 Å². The zero-order valence-corrected chi connectivity index (χ0v) is 17.7. The Morgan fingerprint density at radius 3 is 2.59 bits per heavy atom. The van der Waals surface area contributed by atoms with E-state index in [1.54, 1.807) is 0 Å². The molecule has 1 aliphatic heterocycles. The number of hydrogen-bond acceptors (Lipinski definition) is 4. The molecule has 0 radical (unpaired) electrons. The summed E-state index contributed by atoms with van der Waals surface area (Å²) in [5.74, 6) is 0.789. The maximum atomic E-state index is 11.1. The lowest BCUT2D eigenvalue weighted by Gasteiger charge is -2.27. The van der Waals surface area contributed by atoms with Crippen molar-refractivity contribution in [2.45, 2.75) is 52.2 Å². The first-order valence-corrected chi connectivity index (χ1v) is 10.3. The summed E-state index contributed by atoms with van der Waals surface area (Å²) in [6, 6.07) is 14.1. The molecule has 5 heteroatoms. The average molecular weight is 397 g/mol. The van der Waals surface area contributed by atoms with E-state index >= 15 is 0 Å². The first kappa shape index (κ1) is 21.3. The Hall–Kier alpha value is -2.37. The van der Waals surface area contributed by atoms with E-state index in [0.29, 0.717) is 13.0 Å². The van der Waals surface area contributed by atoms with Gasteiger partial charge in [-0.25, -0.2) is 0 Å². The zero-order chi connectivity index (χ0) is 20.9. The van der Waals surface area contributed by atoms with Crippen LogP contribution in [-0.4, -0.2) is 41.2 Å². The molecule has 2 N–H and O–H groups in total. The van der Waals surface area contributed by atoms with Gasteiger partial charge in [-0.05, 0) is 69.0 Å². The Morgan fingerprint density at radius 2 is 1.90 bits per heavy atom. The van der Waals surface area contributed by atoms with E-state index in [0.717, 1.165) is 49.5 Å². The van der Waals surface area contributed by atoms with Crippen LogP contribution in [-0.2, 0) is 11.3 Å². The summed E-state index contributed by atoms with van der Waals surface area (Å²) >= 11 is 0. The van der Waals surface area contributed by atoms with Crippen LogP contribution in [0.25, 0.3) is 0 Å². The molecule has 2 aromatic carbocycles. The number of aryl methyl sites for hydroxylation is 2. The molecule has 1 heterocycles. The quantitative estimate of drug-likeness (QED) is 0.773. The van der Waals surface area contributed by atoms with E-state index in [9.17, 15) is 9.90 Å². The van der Waals surface area contributed by atoms with Gasteiger partial charge in [-0.3, -0.25) is 9.69 Å². The van der Waals surface area contributed by atoms with Crippen LogP contribution in [0.2, 0.25) is 0 Å². The van der Waals surface area contributed by atoms with E-state index < -0.39 is 5.60 Å². The molecule has 3 rings (SSSR count). The number of anilines is 1. The average Bonchev–Trinajstić information content (AvgIpc) is 2.84. The number of rotatable bonds is 6. The largest absolute Gasteiger partial charge is 0.490 e. The SMILES string of the molecule is CC(=O)Nc1ccc(CN2CCC[C@](O)(COc3ccc(C)cc3C)CC2)cc1. The van der Waals surface area contributed by atoms with Crippen molar-refractivity contribution in [1.29, 1.82) is 0 Å². The number of carbonyl (C=O) groups excluding carboxylic acids is 1. The lowest BCUT2D eigenvalue weighted by Crippen LogP contribution is -2.37. The summed E-state index contributed by atoms with van der Waals surface area (Å²) in [7, 11) is 0. The molecule has 29 heavy (non-hydrogen) atoms. The Kier molecular flexibility index (Phi) is 6.93. The van der Waals surface area contributed by atoms with Crippen LogP contribution >= 0.6 is 0 Å². The van der Waals surface area contributed by atoms with Gasteiger partial charge in [0.2, 0.25) is 5.91 Å². The van der Waals surface area contributed by atoms with Gasteiger partial charge < -0.3 is 15.2 Å². The van der Waals surface area contributed by atoms with Crippen molar-refractivity contribution < 1.29 is 14.6 Å². The first-order chi connectivity index (χ1) is 13.8. The minimum absolute atomic E-state index is 0.0624. The minimum Gasteiger partial charge on any atom is -0.490 e. The predicted molar refractivity (Wildman–Crippen MR) is 116 cm³/mol. The molecule has 0 aliphatic carbocycles. The van der Waals surface area contributed by atoms with Gasteiger partial charge in [-0.2, -0.15) is 0 Å². The number of likely N-dealkylation sites (tertiary alicyclic amines) is 1. The van der Waals surface area contributed by atoms with Crippen LogP contribution < -0.4 is 10.1 Å². The Bertz CT molecular complexity index is 835. The highest BCUT2D eigenvalue weighted by Crippen LogP contribution is 2.26. The zero-order valence-electron chi connectivity index (χ0n) is 17.7. The van der Waals surface area contributed by atoms with Crippen LogP contribution in [0.5, 0.6) is 5.75 Å². The Labute approximate surface area is 173 Å². The van der Waals surface area contributed by atoms with Crippen molar-refractivity contribution in [3.05, 3.63) is 59.2 Å². The van der Waals surface area contributed by atoms with Gasteiger partial charge in [0.05, 0.1) is 5.60 Å². The van der Waals surface area contributed by atoms with Gasteiger partial charge in [0.25, 0.3) is 0 Å². The van der Waals surface area contributed by atoms with Crippen LogP contribution in [0.4, 0.5) is 5.69 Å². The van der Waals surface area contributed by atoms with Gasteiger partial charge >= 0.3 is 0 Å². The Balaban J connectivity index is 1.53. The number of aliphatic hydroxyl groups is 1. The molecule has 0 saturated carbocycles. The summed E-state index contributed by atoms with van der Waals surface area (Å²) in [6.07, 6.45) is 2.38. The molecular weight excluding hydrogens is 364 g/mol. The van der Waals surface area contributed by atoms with Crippen molar-refractivity contribution in [3.8, 4) is 5.75 Å². The lowest BCUT2D eigenvalue weighted by molar-refractivity contribution is -0.114. The van der Waals surface area contributed by atoms with Crippen LogP contribution in [0.1, 0.15) is 42.9 Å². The molecule has 1 saturated heterocycles. The summed E-state index contributed by atoms with van der Waals surface area (Å²) in [6.45, 7) is 8.58. The van der Waals surface area contributed by atoms with Crippen molar-refractivity contribution in [1.82, 2.24) is 4.90 Å². The van der Waals surface area contributed by atoms with Crippen molar-refractivity contribution in [2.24, 2.45) is 0 Å². The molecule has 1 fully saturated rings. The van der Waals surface area contributed by atoms with E-state index in [1.807, 2.05) is 43.3 Å². The minimum atomic E-state index is -0.790. The second kappa shape index (κ2) is 9.42. The van der Waals surface area contributed by atoms with Crippen molar-refractivity contribution >= 4 is 11.6 Å². The number of benzene rings is 2. The maximum absolute atomic E-state index is 11.1. The second-order valence-electron chi connectivity index (χ2n) is 8.29. The first-order valence-electron chi connectivity index (χ1n) is 10.3. The highest BCUT2D eigenvalue weighted by atomic mass is 16.5. The molecule has 1 amide bonds. The molecule has 1 atom stereocenters. The number of nitrogens with one attached hydrogen (secondary N) is 1. The monoisotopic (exact) mass is 396 g/mol. The molecule has 0 spiro atoms. The summed E-state index contributed by atoms with van der Waals surface area (Å²) in [5, 5.41) is 13.9. The fourth-order valence-corrected chi connectivity index (χ4v) is 3.87. The fraction of sp³-hybridized carbons (Fsp3) is 0.458. The number of hydrogen-bond donors (Lipinski definition) is 2. The lowest BCUT2D eigenvalue weighted by atomic mass is 9.96. The third-order valence-corrected chi connectivity index (χ3v) is 5.52. The maximum Gasteiger partial charge on any atom is 0.221 e.